The number of rotatable bonds is 4. The number of hydrogen-bond donors (Lipinski definition) is 2. The fraction of sp³-hybridized carbons (Fsp3) is 0.188. The zero-order chi connectivity index (χ0) is 15.4. The molecule has 1 amide bonds. The van der Waals surface area contributed by atoms with Crippen LogP contribution < -0.4 is 11.1 Å². The van der Waals surface area contributed by atoms with E-state index in [0.29, 0.717) is 28.8 Å². The maximum atomic E-state index is 13.0. The first-order valence-electron chi connectivity index (χ1n) is 6.55. The fourth-order valence-corrected chi connectivity index (χ4v) is 2.07. The van der Waals surface area contributed by atoms with Crippen LogP contribution in [0.1, 0.15) is 21.5 Å². The van der Waals surface area contributed by atoms with Crippen molar-refractivity contribution in [2.45, 2.75) is 13.3 Å². The smallest absolute Gasteiger partial charge is 0.251 e. The van der Waals surface area contributed by atoms with Crippen molar-refractivity contribution in [3.05, 3.63) is 64.7 Å². The Morgan fingerprint density at radius 3 is 2.52 bits per heavy atom. The van der Waals surface area contributed by atoms with Gasteiger partial charge < -0.3 is 11.1 Å². The van der Waals surface area contributed by atoms with Gasteiger partial charge in [-0.15, -0.1) is 0 Å². The van der Waals surface area contributed by atoms with Gasteiger partial charge in [-0.25, -0.2) is 8.78 Å². The largest absolute Gasteiger partial charge is 0.398 e. The number of amides is 1. The third-order valence-corrected chi connectivity index (χ3v) is 3.24. The number of hydrogen-bond acceptors (Lipinski definition) is 2. The zero-order valence-electron chi connectivity index (χ0n) is 11.6. The van der Waals surface area contributed by atoms with Gasteiger partial charge in [0.05, 0.1) is 0 Å². The van der Waals surface area contributed by atoms with Crippen LogP contribution in [0.25, 0.3) is 0 Å². The highest BCUT2D eigenvalue weighted by atomic mass is 19.1. The normalized spacial score (nSPS) is 10.4. The van der Waals surface area contributed by atoms with Crippen molar-refractivity contribution < 1.29 is 13.6 Å². The summed E-state index contributed by atoms with van der Waals surface area (Å²) in [5.41, 5.74) is 8.01. The summed E-state index contributed by atoms with van der Waals surface area (Å²) in [4.78, 5) is 12.0. The second kappa shape index (κ2) is 6.35. The van der Waals surface area contributed by atoms with E-state index in [2.05, 4.69) is 5.32 Å². The number of carbonyl (C=O) groups excluding carboxylic acids is 1. The molecular formula is C16H16F2N2O. The third-order valence-electron chi connectivity index (χ3n) is 3.24. The van der Waals surface area contributed by atoms with Crippen molar-refractivity contribution in [2.24, 2.45) is 0 Å². The van der Waals surface area contributed by atoms with Gasteiger partial charge >= 0.3 is 0 Å². The van der Waals surface area contributed by atoms with E-state index in [9.17, 15) is 13.6 Å². The molecule has 2 aromatic carbocycles. The highest BCUT2D eigenvalue weighted by Crippen LogP contribution is 2.15. The molecule has 21 heavy (non-hydrogen) atoms. The van der Waals surface area contributed by atoms with Crippen LogP contribution >= 0.6 is 0 Å². The van der Waals surface area contributed by atoms with Gasteiger partial charge in [0, 0.05) is 23.9 Å². The minimum absolute atomic E-state index is 0.253. The second-order valence-electron chi connectivity index (χ2n) is 4.80. The average molecular weight is 290 g/mol. The summed E-state index contributed by atoms with van der Waals surface area (Å²) in [5, 5.41) is 2.72. The molecule has 0 aliphatic rings. The molecular weight excluding hydrogens is 274 g/mol. The van der Waals surface area contributed by atoms with Gasteiger partial charge in [-0.05, 0) is 48.7 Å². The Morgan fingerprint density at radius 2 is 1.86 bits per heavy atom. The SMILES string of the molecule is Cc1c(N)cccc1C(=O)NCCc1cc(F)cc(F)c1. The lowest BCUT2D eigenvalue weighted by Gasteiger charge is -2.09. The summed E-state index contributed by atoms with van der Waals surface area (Å²) < 4.78 is 26.1. The van der Waals surface area contributed by atoms with Gasteiger partial charge in [0.15, 0.2) is 0 Å². The van der Waals surface area contributed by atoms with Crippen LogP contribution in [0.15, 0.2) is 36.4 Å². The zero-order valence-corrected chi connectivity index (χ0v) is 11.6. The van der Waals surface area contributed by atoms with E-state index < -0.39 is 11.6 Å². The summed E-state index contributed by atoms with van der Waals surface area (Å²) >= 11 is 0. The molecule has 0 heterocycles. The summed E-state index contributed by atoms with van der Waals surface area (Å²) in [6.45, 7) is 2.06. The molecule has 0 saturated heterocycles. The highest BCUT2D eigenvalue weighted by molar-refractivity contribution is 5.96. The number of nitrogens with one attached hydrogen (secondary N) is 1. The van der Waals surface area contributed by atoms with Gasteiger partial charge in [0.2, 0.25) is 0 Å². The van der Waals surface area contributed by atoms with Crippen LogP contribution in [0, 0.1) is 18.6 Å². The molecule has 0 radical (unpaired) electrons. The quantitative estimate of drug-likeness (QED) is 0.851. The fourth-order valence-electron chi connectivity index (χ4n) is 2.07. The molecule has 0 fully saturated rings. The molecule has 110 valence electrons. The minimum atomic E-state index is -0.622. The molecule has 3 N–H and O–H groups in total. The Morgan fingerprint density at radius 1 is 1.19 bits per heavy atom. The van der Waals surface area contributed by atoms with Gasteiger partial charge in [-0.1, -0.05) is 6.07 Å². The monoisotopic (exact) mass is 290 g/mol. The molecule has 2 rings (SSSR count). The van der Waals surface area contributed by atoms with E-state index in [-0.39, 0.29) is 12.5 Å². The lowest BCUT2D eigenvalue weighted by molar-refractivity contribution is 0.0953. The van der Waals surface area contributed by atoms with Crippen molar-refractivity contribution in [1.82, 2.24) is 5.32 Å². The first kappa shape index (κ1) is 15.0. The molecule has 0 bridgehead atoms. The standard InChI is InChI=1S/C16H16F2N2O/c1-10-14(3-2-4-15(10)19)16(21)20-6-5-11-7-12(17)9-13(18)8-11/h2-4,7-9H,5-6,19H2,1H3,(H,20,21). The first-order valence-corrected chi connectivity index (χ1v) is 6.55. The van der Waals surface area contributed by atoms with Crippen molar-refractivity contribution in [2.75, 3.05) is 12.3 Å². The molecule has 0 atom stereocenters. The number of nitrogen functional groups attached to an aromatic ring is 1. The van der Waals surface area contributed by atoms with Crippen molar-refractivity contribution in [3.63, 3.8) is 0 Å². The second-order valence-corrected chi connectivity index (χ2v) is 4.80. The Labute approximate surface area is 121 Å². The van der Waals surface area contributed by atoms with Gasteiger partial charge in [-0.2, -0.15) is 0 Å². The Bertz CT molecular complexity index is 651. The van der Waals surface area contributed by atoms with E-state index in [1.807, 2.05) is 0 Å². The number of carbonyl (C=O) groups is 1. The Balaban J connectivity index is 1.97. The van der Waals surface area contributed by atoms with Crippen LogP contribution in [0.2, 0.25) is 0 Å². The number of halogens is 2. The van der Waals surface area contributed by atoms with Gasteiger partial charge in [-0.3, -0.25) is 4.79 Å². The molecule has 0 saturated carbocycles. The summed E-state index contributed by atoms with van der Waals surface area (Å²) in [6.07, 6.45) is 0.349. The molecule has 3 nitrogen and oxygen atoms in total. The van der Waals surface area contributed by atoms with Crippen LogP contribution in [0.3, 0.4) is 0 Å². The molecule has 0 spiro atoms. The predicted octanol–water partition coefficient (Wildman–Crippen LogP) is 2.83. The lowest BCUT2D eigenvalue weighted by Crippen LogP contribution is -2.26. The van der Waals surface area contributed by atoms with Crippen LogP contribution in [-0.2, 0) is 6.42 Å². The first-order chi connectivity index (χ1) is 9.97. The maximum absolute atomic E-state index is 13.0. The van der Waals surface area contributed by atoms with Gasteiger partial charge in [0.1, 0.15) is 11.6 Å². The van der Waals surface area contributed by atoms with Crippen molar-refractivity contribution in [1.29, 1.82) is 0 Å². The third kappa shape index (κ3) is 3.78. The van der Waals surface area contributed by atoms with E-state index in [4.69, 9.17) is 5.73 Å². The van der Waals surface area contributed by atoms with E-state index in [0.717, 1.165) is 6.07 Å². The molecule has 0 aliphatic heterocycles. The Kier molecular flexibility index (Phi) is 4.52. The van der Waals surface area contributed by atoms with Crippen molar-refractivity contribution in [3.8, 4) is 0 Å². The van der Waals surface area contributed by atoms with E-state index in [1.54, 1.807) is 25.1 Å². The molecule has 5 heteroatoms. The van der Waals surface area contributed by atoms with E-state index in [1.165, 1.54) is 12.1 Å². The molecule has 0 aromatic heterocycles. The number of nitrogens with two attached hydrogens (primary N) is 1. The lowest BCUT2D eigenvalue weighted by atomic mass is 10.1. The number of anilines is 1. The molecule has 2 aromatic rings. The highest BCUT2D eigenvalue weighted by Gasteiger charge is 2.10. The maximum Gasteiger partial charge on any atom is 0.251 e. The summed E-state index contributed by atoms with van der Waals surface area (Å²) in [6, 6.07) is 8.43. The Hall–Kier alpha value is -2.43. The van der Waals surface area contributed by atoms with Crippen molar-refractivity contribution >= 4 is 11.6 Å². The summed E-state index contributed by atoms with van der Waals surface area (Å²) in [7, 11) is 0. The topological polar surface area (TPSA) is 55.1 Å². The van der Waals surface area contributed by atoms with Crippen LogP contribution in [0.5, 0.6) is 0 Å². The van der Waals surface area contributed by atoms with Gasteiger partial charge in [0.25, 0.3) is 5.91 Å². The van der Waals surface area contributed by atoms with E-state index >= 15 is 0 Å². The minimum Gasteiger partial charge on any atom is -0.398 e. The van der Waals surface area contributed by atoms with Crippen LogP contribution in [-0.4, -0.2) is 12.5 Å². The average Bonchev–Trinajstić information content (AvgIpc) is 2.40. The van der Waals surface area contributed by atoms with Crippen LogP contribution in [0.4, 0.5) is 14.5 Å². The number of benzene rings is 2. The summed E-state index contributed by atoms with van der Waals surface area (Å²) in [5.74, 6) is -1.50. The predicted molar refractivity (Wildman–Crippen MR) is 78.0 cm³/mol. The molecule has 0 unspecified atom stereocenters. The molecule has 0 aliphatic carbocycles.